The Morgan fingerprint density at radius 1 is 0.192 bits per heavy atom. The summed E-state index contributed by atoms with van der Waals surface area (Å²) in [6.07, 6.45) is 3.66. The molecule has 7 nitrogen and oxygen atoms in total. The van der Waals surface area contributed by atoms with Crippen LogP contribution in [0.15, 0.2) is 431 Å². The van der Waals surface area contributed by atoms with E-state index in [1.54, 1.807) is 0 Å². The first-order chi connectivity index (χ1) is 59.6. The van der Waals surface area contributed by atoms with Gasteiger partial charge in [0.1, 0.15) is 11.6 Å². The van der Waals surface area contributed by atoms with E-state index in [1.165, 1.54) is 149 Å². The Bertz CT molecular complexity index is 7170. The molecule has 120 heavy (non-hydrogen) atoms. The second-order valence-electron chi connectivity index (χ2n) is 29.8. The zero-order valence-corrected chi connectivity index (χ0v) is 67.3. The van der Waals surface area contributed by atoms with Crippen LogP contribution in [0.1, 0.15) is 0 Å². The number of benzene rings is 14. The highest BCUT2D eigenvalue weighted by Gasteiger charge is 2.27. The van der Waals surface area contributed by atoms with Crippen molar-refractivity contribution in [2.75, 3.05) is 0 Å². The van der Waals surface area contributed by atoms with Crippen LogP contribution < -0.4 is 0 Å². The van der Waals surface area contributed by atoms with Gasteiger partial charge in [-0.05, 0) is 130 Å². The second-order valence-corrected chi connectivity index (χ2v) is 32.9. The minimum atomic E-state index is 0.860. The van der Waals surface area contributed by atoms with Crippen LogP contribution in [-0.2, 0) is 0 Å². The summed E-state index contributed by atoms with van der Waals surface area (Å²) in [6, 6.07) is 148. The number of fused-ring (bicyclic) bond motifs is 15. The fourth-order valence-corrected chi connectivity index (χ4v) is 21.7. The SMILES string of the molecule is c1ccc(-c2cccc(-n3c4ccccc4c4c5sc(-c6ccccc6)c(-c6ccccc6)c5ccc43)n2)cc1.c1ccc(-c2sc3c(ccc4c3c3ccccc3n4-c3cccc(-c4ccccn4)c3)c2-c2ccccc2)cc1.c1ccc(-c2sc3c(ccc4c3c3ccccc3n4-c3cccc(-c4ccccn4)n3)c2-c2ccccc2)cc1. The number of aromatic nitrogens is 7. The smallest absolute Gasteiger partial charge is 0.138 e. The summed E-state index contributed by atoms with van der Waals surface area (Å²) in [5.41, 5.74) is 25.5. The van der Waals surface area contributed by atoms with E-state index < -0.39 is 0 Å². The van der Waals surface area contributed by atoms with Crippen molar-refractivity contribution in [2.24, 2.45) is 0 Å². The molecule has 0 spiro atoms. The van der Waals surface area contributed by atoms with Crippen molar-refractivity contribution < 1.29 is 0 Å². The molecule has 0 aliphatic carbocycles. The third-order valence-corrected chi connectivity index (χ3v) is 26.6. The largest absolute Gasteiger partial charge is 0.309 e. The average molecular weight is 1590 g/mol. The molecule has 0 saturated carbocycles. The van der Waals surface area contributed by atoms with Crippen molar-refractivity contribution in [3.63, 3.8) is 0 Å². The molecule has 0 radical (unpaired) electrons. The maximum Gasteiger partial charge on any atom is 0.138 e. The van der Waals surface area contributed by atoms with Crippen LogP contribution in [0, 0.1) is 0 Å². The quantitative estimate of drug-likeness (QED) is 0.122. The number of para-hydroxylation sites is 3. The molecule has 0 fully saturated rings. The fourth-order valence-electron chi connectivity index (χ4n) is 17.5. The van der Waals surface area contributed by atoms with Crippen molar-refractivity contribution in [1.82, 2.24) is 33.6 Å². The zero-order chi connectivity index (χ0) is 79.4. The van der Waals surface area contributed by atoms with E-state index in [0.717, 1.165) is 62.3 Å². The molecule has 14 aromatic carbocycles. The Labute approximate surface area is 704 Å². The molecule has 0 saturated heterocycles. The summed E-state index contributed by atoms with van der Waals surface area (Å²) in [5.74, 6) is 1.81. The fraction of sp³-hybridized carbons (Fsp3) is 0. The highest BCUT2D eigenvalue weighted by Crippen LogP contribution is 2.54. The first kappa shape index (κ1) is 71.5. The molecule has 0 N–H and O–H groups in total. The van der Waals surface area contributed by atoms with Gasteiger partial charge in [-0.15, -0.1) is 34.0 Å². The molecule has 0 aliphatic heterocycles. The maximum atomic E-state index is 5.15. The van der Waals surface area contributed by atoms with E-state index in [2.05, 4.69) is 400 Å². The van der Waals surface area contributed by atoms with Gasteiger partial charge < -0.3 is 4.57 Å². The number of hydrogen-bond acceptors (Lipinski definition) is 7. The molecule has 24 rings (SSSR count). The van der Waals surface area contributed by atoms with Crippen molar-refractivity contribution >= 4 is 130 Å². The lowest BCUT2D eigenvalue weighted by atomic mass is 9.98. The van der Waals surface area contributed by atoms with Crippen LogP contribution >= 0.6 is 34.0 Å². The highest BCUT2D eigenvalue weighted by molar-refractivity contribution is 7.25. The predicted octanol–water partition coefficient (Wildman–Crippen LogP) is 30.6. The molecule has 0 unspecified atom stereocenters. The van der Waals surface area contributed by atoms with Gasteiger partial charge in [0.05, 0.1) is 55.9 Å². The van der Waals surface area contributed by atoms with E-state index in [0.29, 0.717) is 0 Å². The van der Waals surface area contributed by atoms with Gasteiger partial charge in [0, 0.05) is 123 Å². The molecule has 0 aliphatic rings. The standard InChI is InChI=1S/2C37H24N2S.C36H23N3S/c1-4-13-25(14-5-1)30-20-12-22-33(38-30)39-31-21-11-10-19-28(31)35-32(39)24-23-29-34(26-15-6-2-7-16-26)36(40-37(29)35)27-17-8-3-9-18-27;1-3-12-25(13-4-1)34-30-21-22-33-35(37(30)40-36(34)26-14-5-2-6-15-26)29-18-7-8-20-32(29)39(33)28-17-11-16-27(24-28)31-19-9-10-23-38-31;1-3-12-24(13-4-1)33-27-21-22-31-34(36(27)40-35(33)25-14-5-2-6-15-25)26-16-7-8-19-30(26)39(31)32-20-11-18-29(38-32)28-17-9-10-23-37-28/h2*1-24H;1-23H. The first-order valence-corrected chi connectivity index (χ1v) is 42.8. The minimum Gasteiger partial charge on any atom is -0.309 e. The van der Waals surface area contributed by atoms with Gasteiger partial charge in [-0.1, -0.05) is 322 Å². The van der Waals surface area contributed by atoms with Crippen LogP contribution in [0.2, 0.25) is 0 Å². The van der Waals surface area contributed by atoms with Gasteiger partial charge in [-0.25, -0.2) is 9.97 Å². The molecule has 10 heteroatoms. The number of nitrogens with zero attached hydrogens (tertiary/aromatic N) is 7. The summed E-state index contributed by atoms with van der Waals surface area (Å²) < 4.78 is 10.9. The Hall–Kier alpha value is -15.0. The van der Waals surface area contributed by atoms with E-state index >= 15 is 0 Å². The molecule has 564 valence electrons. The third kappa shape index (κ3) is 12.6. The van der Waals surface area contributed by atoms with Crippen LogP contribution in [0.3, 0.4) is 0 Å². The van der Waals surface area contributed by atoms with Crippen molar-refractivity contribution in [2.45, 2.75) is 0 Å². The second kappa shape index (κ2) is 30.9. The van der Waals surface area contributed by atoms with E-state index in [1.807, 2.05) is 88.9 Å². The van der Waals surface area contributed by atoms with Crippen molar-refractivity contribution in [3.05, 3.63) is 431 Å². The molecule has 10 heterocycles. The molecule has 0 atom stereocenters. The molecular weight excluding hydrogens is 1520 g/mol. The Morgan fingerprint density at radius 2 is 0.500 bits per heavy atom. The van der Waals surface area contributed by atoms with Gasteiger partial charge >= 0.3 is 0 Å². The topological polar surface area (TPSA) is 66.3 Å². The normalized spacial score (nSPS) is 11.5. The lowest BCUT2D eigenvalue weighted by Gasteiger charge is -2.10. The first-order valence-electron chi connectivity index (χ1n) is 40.3. The van der Waals surface area contributed by atoms with Crippen LogP contribution in [0.5, 0.6) is 0 Å². The Morgan fingerprint density at radius 3 is 0.900 bits per heavy atom. The molecule has 10 aromatic heterocycles. The summed E-state index contributed by atoms with van der Waals surface area (Å²) >= 11 is 5.67. The number of thiophene rings is 3. The van der Waals surface area contributed by atoms with Gasteiger partial charge in [0.2, 0.25) is 0 Å². The Kier molecular flexibility index (Phi) is 18.4. The molecule has 0 amide bonds. The summed E-state index contributed by atoms with van der Waals surface area (Å²) in [6.45, 7) is 0. The van der Waals surface area contributed by atoms with Gasteiger partial charge in [0.15, 0.2) is 0 Å². The van der Waals surface area contributed by atoms with Crippen LogP contribution in [-0.4, -0.2) is 33.6 Å². The number of rotatable bonds is 12. The molecule has 24 aromatic rings. The summed E-state index contributed by atoms with van der Waals surface area (Å²) in [7, 11) is 0. The lowest BCUT2D eigenvalue weighted by Crippen LogP contribution is -1.98. The van der Waals surface area contributed by atoms with Crippen molar-refractivity contribution in [1.29, 1.82) is 0 Å². The lowest BCUT2D eigenvalue weighted by molar-refractivity contribution is 1.08. The third-order valence-electron chi connectivity index (χ3n) is 22.8. The van der Waals surface area contributed by atoms with Gasteiger partial charge in [0.25, 0.3) is 0 Å². The minimum absolute atomic E-state index is 0.860. The summed E-state index contributed by atoms with van der Waals surface area (Å²) in [4.78, 5) is 23.3. The Balaban J connectivity index is 0.000000108. The molecule has 0 bridgehead atoms. The van der Waals surface area contributed by atoms with Gasteiger partial charge in [-0.3, -0.25) is 19.1 Å². The summed E-state index contributed by atoms with van der Waals surface area (Å²) in [5, 5.41) is 11.5. The predicted molar refractivity (Wildman–Crippen MR) is 509 cm³/mol. The average Bonchev–Trinajstić information content (AvgIpc) is 1.57. The van der Waals surface area contributed by atoms with E-state index in [9.17, 15) is 0 Å². The number of pyridine rings is 4. The van der Waals surface area contributed by atoms with Crippen LogP contribution in [0.25, 0.3) is 212 Å². The van der Waals surface area contributed by atoms with Gasteiger partial charge in [-0.2, -0.15) is 0 Å². The zero-order valence-electron chi connectivity index (χ0n) is 64.8. The van der Waals surface area contributed by atoms with E-state index in [-0.39, 0.29) is 0 Å². The van der Waals surface area contributed by atoms with E-state index in [4.69, 9.17) is 9.97 Å². The maximum absolute atomic E-state index is 5.15. The monoisotopic (exact) mass is 1590 g/mol. The molecular formula is C110H71N7S3. The number of hydrogen-bond donors (Lipinski definition) is 0. The highest BCUT2D eigenvalue weighted by atomic mass is 32.1. The van der Waals surface area contributed by atoms with Crippen molar-refractivity contribution in [3.8, 4) is 116 Å². The van der Waals surface area contributed by atoms with Crippen LogP contribution in [0.4, 0.5) is 0 Å².